The van der Waals surface area contributed by atoms with Gasteiger partial charge in [0.1, 0.15) is 17.7 Å². The van der Waals surface area contributed by atoms with E-state index in [0.717, 1.165) is 54.2 Å². The first-order chi connectivity index (χ1) is 13.7. The summed E-state index contributed by atoms with van der Waals surface area (Å²) >= 11 is 0. The van der Waals surface area contributed by atoms with Crippen molar-refractivity contribution in [1.29, 1.82) is 0 Å². The number of carbonyl (C=O) groups excluding carboxylic acids is 1. The molecule has 1 aliphatic heterocycles. The first-order valence-electron chi connectivity index (χ1n) is 9.26. The normalized spacial score (nSPS) is 15.4. The van der Waals surface area contributed by atoms with Crippen LogP contribution in [-0.2, 0) is 4.79 Å². The third kappa shape index (κ3) is 3.04. The number of carbonyl (C=O) groups is 1. The van der Waals surface area contributed by atoms with E-state index in [1.807, 2.05) is 37.3 Å². The fourth-order valence-electron chi connectivity index (χ4n) is 3.62. The molecule has 0 saturated carbocycles. The third-order valence-corrected chi connectivity index (χ3v) is 5.10. The number of aryl methyl sites for hydroxylation is 1. The number of oxazole rings is 1. The van der Waals surface area contributed by atoms with Gasteiger partial charge in [0.05, 0.1) is 0 Å². The van der Waals surface area contributed by atoms with Gasteiger partial charge in [-0.1, -0.05) is 0 Å². The maximum Gasteiger partial charge on any atom is 0.227 e. The molecule has 0 aliphatic carbocycles. The summed E-state index contributed by atoms with van der Waals surface area (Å²) in [5.41, 5.74) is 2.94. The summed E-state index contributed by atoms with van der Waals surface area (Å²) in [7, 11) is 0. The number of nitrogens with zero attached hydrogens (tertiary/aromatic N) is 6. The first-order valence-corrected chi connectivity index (χ1v) is 9.26. The van der Waals surface area contributed by atoms with E-state index >= 15 is 0 Å². The third-order valence-electron chi connectivity index (χ3n) is 5.10. The molecule has 1 fully saturated rings. The molecular formula is C19H19N7O2. The number of rotatable bonds is 3. The molecule has 1 N–H and O–H groups in total. The zero-order valence-electron chi connectivity index (χ0n) is 15.4. The van der Waals surface area contributed by atoms with Gasteiger partial charge < -0.3 is 14.6 Å². The summed E-state index contributed by atoms with van der Waals surface area (Å²) in [4.78, 5) is 19.2. The largest absolute Gasteiger partial charge is 0.441 e. The van der Waals surface area contributed by atoms with E-state index in [4.69, 9.17) is 4.42 Å². The lowest BCUT2D eigenvalue weighted by atomic mass is 9.96. The Morgan fingerprint density at radius 2 is 2.07 bits per heavy atom. The van der Waals surface area contributed by atoms with Crippen molar-refractivity contribution in [2.45, 2.75) is 19.8 Å². The van der Waals surface area contributed by atoms with Crippen molar-refractivity contribution in [3.05, 3.63) is 42.5 Å². The number of fused-ring (bicyclic) bond motifs is 2. The molecule has 0 atom stereocenters. The van der Waals surface area contributed by atoms with Gasteiger partial charge in [-0.05, 0) is 43.2 Å². The van der Waals surface area contributed by atoms with Crippen LogP contribution in [0, 0.1) is 12.8 Å². The molecule has 3 aromatic heterocycles. The average Bonchev–Trinajstić information content (AvgIpc) is 3.32. The highest BCUT2D eigenvalue weighted by atomic mass is 16.3. The highest BCUT2D eigenvalue weighted by Gasteiger charge is 2.26. The van der Waals surface area contributed by atoms with E-state index in [9.17, 15) is 4.79 Å². The Hall–Kier alpha value is -3.49. The summed E-state index contributed by atoms with van der Waals surface area (Å²) in [6.45, 7) is 3.36. The van der Waals surface area contributed by atoms with Crippen molar-refractivity contribution < 1.29 is 9.21 Å². The van der Waals surface area contributed by atoms with E-state index in [1.54, 1.807) is 10.8 Å². The molecule has 9 heteroatoms. The van der Waals surface area contributed by atoms with Crippen LogP contribution in [0.25, 0.3) is 16.7 Å². The highest BCUT2D eigenvalue weighted by Crippen LogP contribution is 2.24. The van der Waals surface area contributed by atoms with E-state index in [1.165, 1.54) is 0 Å². The Labute approximate surface area is 160 Å². The Morgan fingerprint density at radius 3 is 2.93 bits per heavy atom. The topological polar surface area (TPSA) is 101 Å². The maximum absolute atomic E-state index is 12.7. The molecule has 0 spiro atoms. The predicted molar refractivity (Wildman–Crippen MR) is 103 cm³/mol. The van der Waals surface area contributed by atoms with Crippen molar-refractivity contribution in [1.82, 2.24) is 24.8 Å². The Balaban J connectivity index is 1.23. The Bertz CT molecular complexity index is 1160. The van der Waals surface area contributed by atoms with Crippen LogP contribution < -0.4 is 10.2 Å². The number of aromatic nitrogens is 5. The number of hydrogen-bond acceptors (Lipinski definition) is 7. The highest BCUT2D eigenvalue weighted by molar-refractivity contribution is 5.94. The molecule has 4 aromatic rings. The Kier molecular flexibility index (Phi) is 3.92. The van der Waals surface area contributed by atoms with Crippen LogP contribution in [0.5, 0.6) is 0 Å². The first kappa shape index (κ1) is 16.7. The number of piperidine rings is 1. The van der Waals surface area contributed by atoms with Crippen LogP contribution >= 0.6 is 0 Å². The van der Waals surface area contributed by atoms with E-state index in [2.05, 4.69) is 30.5 Å². The number of anilines is 2. The monoisotopic (exact) mass is 377 g/mol. The Morgan fingerprint density at radius 1 is 1.21 bits per heavy atom. The van der Waals surface area contributed by atoms with Crippen LogP contribution in [0.4, 0.5) is 11.5 Å². The molecule has 5 rings (SSSR count). The second-order valence-electron chi connectivity index (χ2n) is 6.99. The lowest BCUT2D eigenvalue weighted by Gasteiger charge is -2.32. The van der Waals surface area contributed by atoms with E-state index < -0.39 is 0 Å². The lowest BCUT2D eigenvalue weighted by molar-refractivity contribution is -0.120. The molecule has 9 nitrogen and oxygen atoms in total. The standard InChI is InChI=1S/C19H19N7O2/c1-12-21-15-10-14(2-3-16(15)28-12)22-19(27)13-6-8-25(9-7-13)18-5-4-17-23-20-11-26(17)24-18/h2-5,10-11,13H,6-9H2,1H3,(H,22,27). The van der Waals surface area contributed by atoms with E-state index in [-0.39, 0.29) is 11.8 Å². The average molecular weight is 377 g/mol. The van der Waals surface area contributed by atoms with Crippen molar-refractivity contribution in [2.24, 2.45) is 5.92 Å². The summed E-state index contributed by atoms with van der Waals surface area (Å²) in [5, 5.41) is 15.4. The molecule has 1 aromatic carbocycles. The van der Waals surface area contributed by atoms with Gasteiger partial charge in [0.25, 0.3) is 0 Å². The second-order valence-corrected chi connectivity index (χ2v) is 6.99. The van der Waals surface area contributed by atoms with Crippen molar-refractivity contribution in [3.63, 3.8) is 0 Å². The van der Waals surface area contributed by atoms with Crippen LogP contribution in [0.2, 0.25) is 0 Å². The molecule has 1 amide bonds. The number of benzene rings is 1. The van der Waals surface area contributed by atoms with Gasteiger partial charge in [-0.3, -0.25) is 4.79 Å². The van der Waals surface area contributed by atoms with Crippen LogP contribution in [0.1, 0.15) is 18.7 Å². The summed E-state index contributed by atoms with van der Waals surface area (Å²) in [6, 6.07) is 9.37. The predicted octanol–water partition coefficient (Wildman–Crippen LogP) is 2.43. The molecule has 0 bridgehead atoms. The van der Waals surface area contributed by atoms with Crippen molar-refractivity contribution in [2.75, 3.05) is 23.3 Å². The van der Waals surface area contributed by atoms with Gasteiger partial charge in [-0.15, -0.1) is 15.3 Å². The van der Waals surface area contributed by atoms with Gasteiger partial charge in [-0.2, -0.15) is 4.52 Å². The van der Waals surface area contributed by atoms with Crippen molar-refractivity contribution in [3.8, 4) is 0 Å². The minimum atomic E-state index is -0.0235. The van der Waals surface area contributed by atoms with Gasteiger partial charge in [0, 0.05) is 31.6 Å². The minimum absolute atomic E-state index is 0.0235. The zero-order chi connectivity index (χ0) is 19.1. The molecule has 0 unspecified atom stereocenters. The molecule has 142 valence electrons. The molecule has 0 radical (unpaired) electrons. The number of hydrogen-bond donors (Lipinski definition) is 1. The summed E-state index contributed by atoms with van der Waals surface area (Å²) < 4.78 is 7.14. The number of amides is 1. The molecule has 1 saturated heterocycles. The lowest BCUT2D eigenvalue weighted by Crippen LogP contribution is -2.38. The SMILES string of the molecule is Cc1nc2cc(NC(=O)C3CCN(c4ccc5nncn5n4)CC3)ccc2o1. The molecular weight excluding hydrogens is 358 g/mol. The summed E-state index contributed by atoms with van der Waals surface area (Å²) in [6.07, 6.45) is 3.14. The quantitative estimate of drug-likeness (QED) is 0.585. The van der Waals surface area contributed by atoms with Crippen LogP contribution in [-0.4, -0.2) is 43.8 Å². The zero-order valence-corrected chi connectivity index (χ0v) is 15.4. The maximum atomic E-state index is 12.7. The van der Waals surface area contributed by atoms with Gasteiger partial charge in [0.15, 0.2) is 17.1 Å². The fraction of sp³-hybridized carbons (Fsp3) is 0.316. The molecule has 4 heterocycles. The van der Waals surface area contributed by atoms with Crippen LogP contribution in [0.15, 0.2) is 41.1 Å². The van der Waals surface area contributed by atoms with Crippen molar-refractivity contribution >= 4 is 34.2 Å². The minimum Gasteiger partial charge on any atom is -0.441 e. The molecule has 1 aliphatic rings. The van der Waals surface area contributed by atoms with Gasteiger partial charge in [0.2, 0.25) is 5.91 Å². The fourth-order valence-corrected chi connectivity index (χ4v) is 3.62. The molecule has 28 heavy (non-hydrogen) atoms. The van der Waals surface area contributed by atoms with Crippen LogP contribution in [0.3, 0.4) is 0 Å². The van der Waals surface area contributed by atoms with Gasteiger partial charge >= 0.3 is 0 Å². The smallest absolute Gasteiger partial charge is 0.227 e. The second kappa shape index (κ2) is 6.59. The van der Waals surface area contributed by atoms with Gasteiger partial charge in [-0.25, -0.2) is 4.98 Å². The summed E-state index contributed by atoms with van der Waals surface area (Å²) in [5.74, 6) is 1.51. The number of nitrogens with one attached hydrogen (secondary N) is 1. The van der Waals surface area contributed by atoms with E-state index in [0.29, 0.717) is 5.89 Å².